The van der Waals surface area contributed by atoms with Crippen molar-refractivity contribution in [3.8, 4) is 6.07 Å². The number of rotatable bonds is 6. The lowest BCUT2D eigenvalue weighted by Crippen LogP contribution is -2.47. The molecule has 2 amide bonds. The Morgan fingerprint density at radius 3 is 2.52 bits per heavy atom. The van der Waals surface area contributed by atoms with E-state index in [0.29, 0.717) is 32.8 Å². The maximum atomic E-state index is 12.8. The lowest BCUT2D eigenvalue weighted by Gasteiger charge is -2.33. The quantitative estimate of drug-likeness (QED) is 0.559. The standard InChI is InChI=1S/C24H32N4O3/c1-3-22(20-10-9-18-7-5-6-8-19(18)15-20)26-23(29)21(16-25)17-27-11-13-28(14-12-27)24(30)31-4-2/h9-10,15,17,22H,3-8,11-14H2,1-2H3,(H,26,29)/b21-17-. The topological polar surface area (TPSA) is 85.7 Å². The van der Waals surface area contributed by atoms with Gasteiger partial charge in [-0.05, 0) is 55.7 Å². The Bertz CT molecular complexity index is 866. The fraction of sp³-hybridized carbons (Fsp3) is 0.542. The van der Waals surface area contributed by atoms with Crippen LogP contribution in [0.25, 0.3) is 0 Å². The molecule has 0 radical (unpaired) electrons. The van der Waals surface area contributed by atoms with Crippen LogP contribution in [0, 0.1) is 11.3 Å². The average molecular weight is 425 g/mol. The van der Waals surface area contributed by atoms with Gasteiger partial charge in [0.15, 0.2) is 0 Å². The largest absolute Gasteiger partial charge is 0.450 e. The summed E-state index contributed by atoms with van der Waals surface area (Å²) in [6.07, 6.45) is 6.71. The zero-order valence-corrected chi connectivity index (χ0v) is 18.5. The van der Waals surface area contributed by atoms with Crippen LogP contribution in [0.4, 0.5) is 4.79 Å². The highest BCUT2D eigenvalue weighted by molar-refractivity contribution is 5.97. The van der Waals surface area contributed by atoms with Crippen LogP contribution in [-0.4, -0.2) is 54.6 Å². The number of ether oxygens (including phenoxy) is 1. The highest BCUT2D eigenvalue weighted by Crippen LogP contribution is 2.26. The van der Waals surface area contributed by atoms with Crippen LogP contribution in [0.15, 0.2) is 30.0 Å². The molecular weight excluding hydrogens is 392 g/mol. The maximum absolute atomic E-state index is 12.8. The molecule has 31 heavy (non-hydrogen) atoms. The number of carbonyl (C=O) groups is 2. The molecule has 166 valence electrons. The minimum absolute atomic E-state index is 0.0843. The molecule has 1 N–H and O–H groups in total. The smallest absolute Gasteiger partial charge is 0.409 e. The first-order valence-electron chi connectivity index (χ1n) is 11.3. The Morgan fingerprint density at radius 2 is 1.87 bits per heavy atom. The summed E-state index contributed by atoms with van der Waals surface area (Å²) >= 11 is 0. The number of nitriles is 1. The molecule has 1 aromatic rings. The molecule has 1 saturated heterocycles. The second kappa shape index (κ2) is 10.9. The van der Waals surface area contributed by atoms with Gasteiger partial charge in [0.05, 0.1) is 12.6 Å². The second-order valence-corrected chi connectivity index (χ2v) is 8.05. The molecule has 2 aliphatic rings. The van der Waals surface area contributed by atoms with Crippen LogP contribution < -0.4 is 5.32 Å². The first kappa shape index (κ1) is 22.7. The third-order valence-electron chi connectivity index (χ3n) is 6.01. The average Bonchev–Trinajstić information content (AvgIpc) is 2.81. The van der Waals surface area contributed by atoms with Crippen LogP contribution in [0.2, 0.25) is 0 Å². The van der Waals surface area contributed by atoms with Crippen molar-refractivity contribution in [2.24, 2.45) is 0 Å². The molecule has 1 heterocycles. The summed E-state index contributed by atoms with van der Waals surface area (Å²) in [7, 11) is 0. The van der Waals surface area contributed by atoms with Crippen molar-refractivity contribution in [2.45, 2.75) is 52.0 Å². The Morgan fingerprint density at radius 1 is 1.16 bits per heavy atom. The van der Waals surface area contributed by atoms with Gasteiger partial charge in [-0.15, -0.1) is 0 Å². The molecule has 0 aromatic heterocycles. The fourth-order valence-corrected chi connectivity index (χ4v) is 4.20. The minimum atomic E-state index is -0.361. The van der Waals surface area contributed by atoms with Gasteiger partial charge in [-0.3, -0.25) is 4.79 Å². The van der Waals surface area contributed by atoms with Crippen LogP contribution >= 0.6 is 0 Å². The minimum Gasteiger partial charge on any atom is -0.450 e. The van der Waals surface area contributed by atoms with Crippen molar-refractivity contribution >= 4 is 12.0 Å². The zero-order valence-electron chi connectivity index (χ0n) is 18.5. The molecule has 1 aliphatic heterocycles. The lowest BCUT2D eigenvalue weighted by molar-refractivity contribution is -0.118. The van der Waals surface area contributed by atoms with Crippen molar-refractivity contribution in [3.05, 3.63) is 46.7 Å². The summed E-state index contributed by atoms with van der Waals surface area (Å²) < 4.78 is 5.03. The molecule has 0 saturated carbocycles. The number of fused-ring (bicyclic) bond motifs is 1. The molecule has 1 atom stereocenters. The van der Waals surface area contributed by atoms with Gasteiger partial charge in [-0.25, -0.2) is 4.79 Å². The first-order valence-corrected chi connectivity index (χ1v) is 11.3. The van der Waals surface area contributed by atoms with Crippen molar-refractivity contribution < 1.29 is 14.3 Å². The van der Waals surface area contributed by atoms with E-state index in [0.717, 1.165) is 24.8 Å². The fourth-order valence-electron chi connectivity index (χ4n) is 4.20. The van der Waals surface area contributed by atoms with Gasteiger partial charge >= 0.3 is 6.09 Å². The number of amides is 2. The SMILES string of the molecule is CCOC(=O)N1CCN(/C=C(/C#N)C(=O)NC(CC)c2ccc3c(c2)CCCC3)CC1. The van der Waals surface area contributed by atoms with E-state index in [4.69, 9.17) is 4.74 Å². The van der Waals surface area contributed by atoms with E-state index < -0.39 is 0 Å². The molecule has 3 rings (SSSR count). The number of hydrogen-bond acceptors (Lipinski definition) is 5. The van der Waals surface area contributed by atoms with Gasteiger partial charge in [-0.2, -0.15) is 5.26 Å². The zero-order chi connectivity index (χ0) is 22.2. The van der Waals surface area contributed by atoms with Crippen LogP contribution in [0.1, 0.15) is 55.8 Å². The number of benzene rings is 1. The van der Waals surface area contributed by atoms with Crippen LogP contribution in [-0.2, 0) is 22.4 Å². The van der Waals surface area contributed by atoms with Crippen LogP contribution in [0.3, 0.4) is 0 Å². The number of nitrogens with one attached hydrogen (secondary N) is 1. The Balaban J connectivity index is 1.62. The summed E-state index contributed by atoms with van der Waals surface area (Å²) in [5.74, 6) is -0.361. The van der Waals surface area contributed by atoms with Crippen molar-refractivity contribution in [2.75, 3.05) is 32.8 Å². The monoisotopic (exact) mass is 424 g/mol. The van der Waals surface area contributed by atoms with Crippen molar-refractivity contribution in [1.29, 1.82) is 5.26 Å². The van der Waals surface area contributed by atoms with E-state index in [9.17, 15) is 14.9 Å². The third-order valence-corrected chi connectivity index (χ3v) is 6.01. The van der Waals surface area contributed by atoms with Crippen LogP contribution in [0.5, 0.6) is 0 Å². The van der Waals surface area contributed by atoms with Gasteiger partial charge in [0.1, 0.15) is 11.6 Å². The summed E-state index contributed by atoms with van der Waals surface area (Å²) in [6.45, 7) is 6.28. The molecule has 1 aliphatic carbocycles. The van der Waals surface area contributed by atoms with E-state index in [1.165, 1.54) is 24.0 Å². The maximum Gasteiger partial charge on any atom is 0.409 e. The Labute approximate surface area is 184 Å². The molecular formula is C24H32N4O3. The third kappa shape index (κ3) is 5.78. The van der Waals surface area contributed by atoms with Gasteiger partial charge in [0.25, 0.3) is 5.91 Å². The van der Waals surface area contributed by atoms with E-state index in [1.54, 1.807) is 18.0 Å². The van der Waals surface area contributed by atoms with E-state index in [-0.39, 0.29) is 23.6 Å². The molecule has 0 spiro atoms. The van der Waals surface area contributed by atoms with Gasteiger partial charge in [0, 0.05) is 32.4 Å². The Hall–Kier alpha value is -3.01. The molecule has 1 fully saturated rings. The molecule has 7 nitrogen and oxygen atoms in total. The summed E-state index contributed by atoms with van der Waals surface area (Å²) in [5, 5.41) is 12.6. The number of nitrogens with zero attached hydrogens (tertiary/aromatic N) is 3. The van der Waals surface area contributed by atoms with Crippen molar-refractivity contribution in [3.63, 3.8) is 0 Å². The number of aryl methyl sites for hydroxylation is 2. The molecule has 7 heteroatoms. The van der Waals surface area contributed by atoms with Gasteiger partial charge < -0.3 is 19.9 Å². The lowest BCUT2D eigenvalue weighted by atomic mass is 9.88. The molecule has 1 aromatic carbocycles. The first-order chi connectivity index (χ1) is 15.0. The van der Waals surface area contributed by atoms with E-state index in [2.05, 4.69) is 23.5 Å². The molecule has 0 bridgehead atoms. The van der Waals surface area contributed by atoms with E-state index in [1.807, 2.05) is 17.9 Å². The summed E-state index contributed by atoms with van der Waals surface area (Å²) in [4.78, 5) is 28.2. The predicted octanol–water partition coefficient (Wildman–Crippen LogP) is 3.31. The number of hydrogen-bond donors (Lipinski definition) is 1. The van der Waals surface area contributed by atoms with Gasteiger partial charge in [0.2, 0.25) is 0 Å². The van der Waals surface area contributed by atoms with Crippen molar-refractivity contribution in [1.82, 2.24) is 15.1 Å². The highest BCUT2D eigenvalue weighted by Gasteiger charge is 2.23. The summed E-state index contributed by atoms with van der Waals surface area (Å²) in [5.41, 5.74) is 3.97. The predicted molar refractivity (Wildman–Crippen MR) is 118 cm³/mol. The van der Waals surface area contributed by atoms with Gasteiger partial charge in [-0.1, -0.05) is 25.1 Å². The molecule has 1 unspecified atom stereocenters. The second-order valence-electron chi connectivity index (χ2n) is 8.05. The normalized spacial score (nSPS) is 17.4. The van der Waals surface area contributed by atoms with E-state index >= 15 is 0 Å². The Kier molecular flexibility index (Phi) is 7.94. The number of carbonyl (C=O) groups excluding carboxylic acids is 2. The number of piperazine rings is 1. The highest BCUT2D eigenvalue weighted by atomic mass is 16.6. The summed E-state index contributed by atoms with van der Waals surface area (Å²) in [6, 6.07) is 8.41.